The maximum Gasteiger partial charge on any atom is 0.240 e. The minimum absolute atomic E-state index is 0.0323. The molecule has 2 amide bonds. The van der Waals surface area contributed by atoms with Gasteiger partial charge in [0, 0.05) is 17.8 Å². The van der Waals surface area contributed by atoms with Crippen molar-refractivity contribution in [1.82, 2.24) is 0 Å². The van der Waals surface area contributed by atoms with Crippen LogP contribution in [0.25, 0.3) is 0 Å². The third-order valence-electron chi connectivity index (χ3n) is 2.68. The van der Waals surface area contributed by atoms with Crippen molar-refractivity contribution >= 4 is 23.2 Å². The van der Waals surface area contributed by atoms with Crippen LogP contribution < -0.4 is 16.4 Å². The van der Waals surface area contributed by atoms with Gasteiger partial charge in [-0.1, -0.05) is 0 Å². The molecule has 1 unspecified atom stereocenters. The minimum atomic E-state index is -0.536. The van der Waals surface area contributed by atoms with Gasteiger partial charge in [0.2, 0.25) is 11.8 Å². The van der Waals surface area contributed by atoms with Crippen LogP contribution in [-0.2, 0) is 16.0 Å². The van der Waals surface area contributed by atoms with E-state index in [1.807, 2.05) is 6.07 Å². The van der Waals surface area contributed by atoms with E-state index < -0.39 is 6.04 Å². The molecule has 5 heteroatoms. The van der Waals surface area contributed by atoms with Crippen molar-refractivity contribution in [2.75, 3.05) is 10.6 Å². The van der Waals surface area contributed by atoms with Crippen LogP contribution in [0, 0.1) is 0 Å². The first kappa shape index (κ1) is 11.6. The van der Waals surface area contributed by atoms with Crippen molar-refractivity contribution in [1.29, 1.82) is 0 Å². The number of benzene rings is 1. The minimum Gasteiger partial charge on any atom is -0.326 e. The maximum absolute atomic E-state index is 11.4. The molecule has 0 saturated heterocycles. The summed E-state index contributed by atoms with van der Waals surface area (Å²) in [6.07, 6.45) is 1.18. The first-order valence-corrected chi connectivity index (χ1v) is 5.55. The summed E-state index contributed by atoms with van der Waals surface area (Å²) in [5.74, 6) is -0.185. The smallest absolute Gasteiger partial charge is 0.240 e. The molecule has 0 saturated carbocycles. The molecule has 0 bridgehead atoms. The molecule has 1 aliphatic heterocycles. The number of carbonyl (C=O) groups is 2. The van der Waals surface area contributed by atoms with Gasteiger partial charge in [0.25, 0.3) is 0 Å². The van der Waals surface area contributed by atoms with Crippen LogP contribution in [0.3, 0.4) is 0 Å². The van der Waals surface area contributed by atoms with Gasteiger partial charge in [0.15, 0.2) is 0 Å². The summed E-state index contributed by atoms with van der Waals surface area (Å²) in [5.41, 5.74) is 8.03. The highest BCUT2D eigenvalue weighted by molar-refractivity contribution is 5.96. The number of rotatable bonds is 2. The predicted molar refractivity (Wildman–Crippen MR) is 65.7 cm³/mol. The highest BCUT2D eigenvalue weighted by Gasteiger charge is 2.15. The number of nitrogens with one attached hydrogen (secondary N) is 2. The number of carbonyl (C=O) groups excluding carboxylic acids is 2. The number of fused-ring (bicyclic) bond motifs is 1. The van der Waals surface area contributed by atoms with Gasteiger partial charge in [0.05, 0.1) is 6.04 Å². The molecular weight excluding hydrogens is 218 g/mol. The molecule has 17 heavy (non-hydrogen) atoms. The molecule has 0 fully saturated rings. The van der Waals surface area contributed by atoms with Crippen molar-refractivity contribution in [3.8, 4) is 0 Å². The third kappa shape index (κ3) is 2.62. The van der Waals surface area contributed by atoms with Gasteiger partial charge in [-0.15, -0.1) is 0 Å². The quantitative estimate of drug-likeness (QED) is 0.708. The number of amides is 2. The molecular formula is C12H15N3O2. The van der Waals surface area contributed by atoms with E-state index in [2.05, 4.69) is 10.6 Å². The summed E-state index contributed by atoms with van der Waals surface area (Å²) in [6, 6.07) is 4.88. The fourth-order valence-electron chi connectivity index (χ4n) is 1.72. The largest absolute Gasteiger partial charge is 0.326 e. The van der Waals surface area contributed by atoms with Crippen molar-refractivity contribution in [3.05, 3.63) is 23.8 Å². The zero-order chi connectivity index (χ0) is 12.4. The Bertz CT molecular complexity index is 469. The third-order valence-corrected chi connectivity index (χ3v) is 2.68. The van der Waals surface area contributed by atoms with Gasteiger partial charge in [0.1, 0.15) is 0 Å². The number of anilines is 2. The van der Waals surface area contributed by atoms with Crippen LogP contribution in [0.1, 0.15) is 18.9 Å². The lowest BCUT2D eigenvalue weighted by Crippen LogP contribution is -2.32. The van der Waals surface area contributed by atoms with Crippen LogP contribution >= 0.6 is 0 Å². The van der Waals surface area contributed by atoms with E-state index in [0.29, 0.717) is 18.5 Å². The van der Waals surface area contributed by atoms with Gasteiger partial charge < -0.3 is 16.4 Å². The van der Waals surface area contributed by atoms with Crippen LogP contribution in [0.15, 0.2) is 18.2 Å². The highest BCUT2D eigenvalue weighted by atomic mass is 16.2. The summed E-state index contributed by atoms with van der Waals surface area (Å²) < 4.78 is 0. The second-order valence-electron chi connectivity index (χ2n) is 4.20. The molecule has 5 nitrogen and oxygen atoms in total. The molecule has 0 aliphatic carbocycles. The summed E-state index contributed by atoms with van der Waals surface area (Å²) in [7, 11) is 0. The number of hydrogen-bond acceptors (Lipinski definition) is 3. The van der Waals surface area contributed by atoms with E-state index in [4.69, 9.17) is 5.73 Å². The summed E-state index contributed by atoms with van der Waals surface area (Å²) in [5, 5.41) is 5.51. The topological polar surface area (TPSA) is 84.2 Å². The summed E-state index contributed by atoms with van der Waals surface area (Å²) >= 11 is 0. The van der Waals surface area contributed by atoms with Gasteiger partial charge >= 0.3 is 0 Å². The molecule has 0 spiro atoms. The number of nitrogens with two attached hydrogens (primary N) is 1. The maximum atomic E-state index is 11.4. The van der Waals surface area contributed by atoms with Gasteiger partial charge in [-0.2, -0.15) is 0 Å². The summed E-state index contributed by atoms with van der Waals surface area (Å²) in [6.45, 7) is 1.63. The normalized spacial score (nSPS) is 15.8. The van der Waals surface area contributed by atoms with Gasteiger partial charge in [-0.25, -0.2) is 0 Å². The highest BCUT2D eigenvalue weighted by Crippen LogP contribution is 2.25. The lowest BCUT2D eigenvalue weighted by Gasteiger charge is -2.18. The van der Waals surface area contributed by atoms with Gasteiger partial charge in [-0.05, 0) is 37.1 Å². The van der Waals surface area contributed by atoms with Crippen LogP contribution in [-0.4, -0.2) is 17.9 Å². The molecule has 1 atom stereocenters. The van der Waals surface area contributed by atoms with E-state index in [0.717, 1.165) is 11.3 Å². The van der Waals surface area contributed by atoms with Gasteiger partial charge in [-0.3, -0.25) is 9.59 Å². The fourth-order valence-corrected chi connectivity index (χ4v) is 1.72. The Morgan fingerprint density at radius 1 is 1.47 bits per heavy atom. The lowest BCUT2D eigenvalue weighted by molar-refractivity contribution is -0.117. The molecule has 1 aromatic carbocycles. The lowest BCUT2D eigenvalue weighted by atomic mass is 10.0. The van der Waals surface area contributed by atoms with E-state index in [-0.39, 0.29) is 11.8 Å². The standard InChI is InChI=1S/C12H15N3O2/c1-7(13)12(17)14-9-3-4-10-8(6-9)2-5-11(16)15-10/h3-4,6-7H,2,5,13H2,1H3,(H,14,17)(H,15,16). The Hall–Kier alpha value is -1.88. The zero-order valence-corrected chi connectivity index (χ0v) is 9.62. The second-order valence-corrected chi connectivity index (χ2v) is 4.20. The molecule has 4 N–H and O–H groups in total. The van der Waals surface area contributed by atoms with Crippen molar-refractivity contribution in [2.45, 2.75) is 25.8 Å². The first-order chi connectivity index (χ1) is 8.06. The average molecular weight is 233 g/mol. The number of hydrogen-bond donors (Lipinski definition) is 3. The Balaban J connectivity index is 2.17. The van der Waals surface area contributed by atoms with E-state index in [1.54, 1.807) is 19.1 Å². The van der Waals surface area contributed by atoms with Crippen LogP contribution in [0.2, 0.25) is 0 Å². The Morgan fingerprint density at radius 2 is 2.24 bits per heavy atom. The van der Waals surface area contributed by atoms with Crippen molar-refractivity contribution in [2.24, 2.45) is 5.73 Å². The monoisotopic (exact) mass is 233 g/mol. The molecule has 1 heterocycles. The zero-order valence-electron chi connectivity index (χ0n) is 9.62. The average Bonchev–Trinajstić information content (AvgIpc) is 2.29. The second kappa shape index (κ2) is 4.55. The Labute approximate surface area is 99.4 Å². The molecule has 1 aromatic rings. The van der Waals surface area contributed by atoms with Crippen LogP contribution in [0.4, 0.5) is 11.4 Å². The number of aryl methyl sites for hydroxylation is 1. The molecule has 90 valence electrons. The Morgan fingerprint density at radius 3 is 2.94 bits per heavy atom. The van der Waals surface area contributed by atoms with Crippen molar-refractivity contribution in [3.63, 3.8) is 0 Å². The molecule has 0 radical (unpaired) electrons. The molecule has 1 aliphatic rings. The molecule has 0 aromatic heterocycles. The SMILES string of the molecule is CC(N)C(=O)Nc1ccc2c(c1)CCC(=O)N2. The van der Waals surface area contributed by atoms with E-state index in [1.165, 1.54) is 0 Å². The summed E-state index contributed by atoms with van der Waals surface area (Å²) in [4.78, 5) is 22.6. The molecule has 2 rings (SSSR count). The first-order valence-electron chi connectivity index (χ1n) is 5.55. The predicted octanol–water partition coefficient (Wildman–Crippen LogP) is 0.857. The van der Waals surface area contributed by atoms with E-state index in [9.17, 15) is 9.59 Å². The van der Waals surface area contributed by atoms with Crippen molar-refractivity contribution < 1.29 is 9.59 Å². The fraction of sp³-hybridized carbons (Fsp3) is 0.333. The van der Waals surface area contributed by atoms with Crippen LogP contribution in [0.5, 0.6) is 0 Å². The Kier molecular flexibility index (Phi) is 3.10. The van der Waals surface area contributed by atoms with E-state index >= 15 is 0 Å².